The predicted molar refractivity (Wildman–Crippen MR) is 88.8 cm³/mol. The van der Waals surface area contributed by atoms with Crippen molar-refractivity contribution in [2.45, 2.75) is 46.0 Å². The lowest BCUT2D eigenvalue weighted by Crippen LogP contribution is -2.43. The van der Waals surface area contributed by atoms with Gasteiger partial charge in [0.15, 0.2) is 0 Å². The molecule has 1 aliphatic carbocycles. The minimum Gasteiger partial charge on any atom is -0.380 e. The summed E-state index contributed by atoms with van der Waals surface area (Å²) < 4.78 is 11.0. The first-order valence-electron chi connectivity index (χ1n) is 8.25. The van der Waals surface area contributed by atoms with Gasteiger partial charge in [0.1, 0.15) is 0 Å². The zero-order chi connectivity index (χ0) is 14.7. The Labute approximate surface area is 130 Å². The molecule has 0 atom stereocenters. The van der Waals surface area contributed by atoms with E-state index in [-0.39, 0.29) is 0 Å². The molecule has 4 heteroatoms. The Kier molecular flexibility index (Phi) is 9.95. The number of hydrogen-bond acceptors (Lipinski definition) is 4. The van der Waals surface area contributed by atoms with E-state index in [1.165, 1.54) is 32.1 Å². The molecule has 0 aromatic heterocycles. The first kappa shape index (κ1) is 18.3. The standard InChI is InChI=1S/C16H33NO2S/c1-3-18-12-10-17(11-13-19-4-2)14-16(15-20)8-6-5-7-9-16/h20H,3-15H2,1-2H3. The number of ether oxygens (including phenoxy) is 2. The van der Waals surface area contributed by atoms with Crippen molar-refractivity contribution in [3.8, 4) is 0 Å². The smallest absolute Gasteiger partial charge is 0.0593 e. The summed E-state index contributed by atoms with van der Waals surface area (Å²) in [5, 5.41) is 0. The fourth-order valence-electron chi connectivity index (χ4n) is 3.09. The first-order chi connectivity index (χ1) is 9.76. The zero-order valence-electron chi connectivity index (χ0n) is 13.4. The molecule has 0 radical (unpaired) electrons. The van der Waals surface area contributed by atoms with Crippen molar-refractivity contribution in [3.05, 3.63) is 0 Å². The van der Waals surface area contributed by atoms with E-state index >= 15 is 0 Å². The summed E-state index contributed by atoms with van der Waals surface area (Å²) in [5.74, 6) is 1.01. The van der Waals surface area contributed by atoms with Crippen molar-refractivity contribution in [1.82, 2.24) is 4.90 Å². The van der Waals surface area contributed by atoms with Crippen molar-refractivity contribution >= 4 is 12.6 Å². The summed E-state index contributed by atoms with van der Waals surface area (Å²) in [6.07, 6.45) is 6.79. The highest BCUT2D eigenvalue weighted by Gasteiger charge is 2.32. The zero-order valence-corrected chi connectivity index (χ0v) is 14.3. The van der Waals surface area contributed by atoms with Crippen LogP contribution in [0.2, 0.25) is 0 Å². The van der Waals surface area contributed by atoms with Crippen LogP contribution in [-0.2, 0) is 9.47 Å². The van der Waals surface area contributed by atoms with Crippen LogP contribution in [0, 0.1) is 5.41 Å². The molecule has 0 saturated heterocycles. The van der Waals surface area contributed by atoms with Gasteiger partial charge in [-0.05, 0) is 37.9 Å². The third kappa shape index (κ3) is 6.79. The van der Waals surface area contributed by atoms with E-state index in [2.05, 4.69) is 31.4 Å². The van der Waals surface area contributed by atoms with Crippen LogP contribution in [0.15, 0.2) is 0 Å². The van der Waals surface area contributed by atoms with Gasteiger partial charge < -0.3 is 9.47 Å². The van der Waals surface area contributed by atoms with Crippen LogP contribution in [0.25, 0.3) is 0 Å². The Morgan fingerprint density at radius 3 is 1.95 bits per heavy atom. The van der Waals surface area contributed by atoms with E-state index in [0.29, 0.717) is 5.41 Å². The van der Waals surface area contributed by atoms with Gasteiger partial charge in [-0.1, -0.05) is 19.3 Å². The van der Waals surface area contributed by atoms with E-state index in [1.807, 2.05) is 0 Å². The summed E-state index contributed by atoms with van der Waals surface area (Å²) in [4.78, 5) is 2.52. The molecule has 3 nitrogen and oxygen atoms in total. The summed E-state index contributed by atoms with van der Waals surface area (Å²) in [6, 6.07) is 0. The van der Waals surface area contributed by atoms with E-state index in [0.717, 1.165) is 51.8 Å². The molecule has 0 spiro atoms. The van der Waals surface area contributed by atoms with E-state index in [1.54, 1.807) is 0 Å². The van der Waals surface area contributed by atoms with Gasteiger partial charge >= 0.3 is 0 Å². The third-order valence-electron chi connectivity index (χ3n) is 4.32. The maximum Gasteiger partial charge on any atom is 0.0593 e. The second-order valence-electron chi connectivity index (χ2n) is 5.89. The van der Waals surface area contributed by atoms with Crippen LogP contribution in [0.1, 0.15) is 46.0 Å². The Balaban J connectivity index is 2.46. The minimum atomic E-state index is 0.416. The average molecular weight is 304 g/mol. The Morgan fingerprint density at radius 2 is 1.50 bits per heavy atom. The highest BCUT2D eigenvalue weighted by atomic mass is 32.1. The average Bonchev–Trinajstić information content (AvgIpc) is 2.48. The Hall–Kier alpha value is 0.230. The van der Waals surface area contributed by atoms with Crippen LogP contribution >= 0.6 is 12.6 Å². The molecule has 0 amide bonds. The van der Waals surface area contributed by atoms with Gasteiger partial charge in [0, 0.05) is 32.8 Å². The van der Waals surface area contributed by atoms with Crippen molar-refractivity contribution in [2.75, 3.05) is 51.8 Å². The highest BCUT2D eigenvalue weighted by molar-refractivity contribution is 7.80. The largest absolute Gasteiger partial charge is 0.380 e. The van der Waals surface area contributed by atoms with E-state index in [4.69, 9.17) is 9.47 Å². The lowest BCUT2D eigenvalue weighted by molar-refractivity contribution is 0.0534. The summed E-state index contributed by atoms with van der Waals surface area (Å²) >= 11 is 4.65. The van der Waals surface area contributed by atoms with Crippen LogP contribution in [0.5, 0.6) is 0 Å². The van der Waals surface area contributed by atoms with E-state index < -0.39 is 0 Å². The molecule has 0 unspecified atom stereocenters. The number of rotatable bonds is 11. The first-order valence-corrected chi connectivity index (χ1v) is 8.88. The molecule has 20 heavy (non-hydrogen) atoms. The quantitative estimate of drug-likeness (QED) is 0.468. The number of thiol groups is 1. The van der Waals surface area contributed by atoms with Gasteiger partial charge in [-0.25, -0.2) is 0 Å². The van der Waals surface area contributed by atoms with Gasteiger partial charge in [0.25, 0.3) is 0 Å². The molecular formula is C16H33NO2S. The molecule has 1 rings (SSSR count). The Bertz CT molecular complexity index is 223. The minimum absolute atomic E-state index is 0.416. The van der Waals surface area contributed by atoms with Crippen LogP contribution in [0.3, 0.4) is 0 Å². The molecule has 0 aromatic rings. The molecular weight excluding hydrogens is 270 g/mol. The topological polar surface area (TPSA) is 21.7 Å². The van der Waals surface area contributed by atoms with Gasteiger partial charge in [-0.2, -0.15) is 12.6 Å². The van der Waals surface area contributed by atoms with Crippen LogP contribution < -0.4 is 0 Å². The second-order valence-corrected chi connectivity index (χ2v) is 6.20. The summed E-state index contributed by atoms with van der Waals surface area (Å²) in [5.41, 5.74) is 0.416. The third-order valence-corrected chi connectivity index (χ3v) is 4.99. The van der Waals surface area contributed by atoms with Gasteiger partial charge in [0.05, 0.1) is 13.2 Å². The molecule has 0 bridgehead atoms. The highest BCUT2D eigenvalue weighted by Crippen LogP contribution is 2.37. The normalized spacial score (nSPS) is 18.6. The predicted octanol–water partition coefficient (Wildman–Crippen LogP) is 3.24. The lowest BCUT2D eigenvalue weighted by Gasteiger charge is -2.40. The van der Waals surface area contributed by atoms with Crippen LogP contribution in [-0.4, -0.2) is 56.7 Å². The summed E-state index contributed by atoms with van der Waals surface area (Å²) in [7, 11) is 0. The van der Waals surface area contributed by atoms with Crippen molar-refractivity contribution in [1.29, 1.82) is 0 Å². The molecule has 0 N–H and O–H groups in total. The number of nitrogens with zero attached hydrogens (tertiary/aromatic N) is 1. The van der Waals surface area contributed by atoms with Crippen molar-refractivity contribution < 1.29 is 9.47 Å². The molecule has 0 aliphatic heterocycles. The monoisotopic (exact) mass is 303 g/mol. The van der Waals surface area contributed by atoms with Crippen molar-refractivity contribution in [3.63, 3.8) is 0 Å². The lowest BCUT2D eigenvalue weighted by atomic mass is 9.75. The fraction of sp³-hybridized carbons (Fsp3) is 1.00. The molecule has 1 saturated carbocycles. The Morgan fingerprint density at radius 1 is 0.950 bits per heavy atom. The molecule has 120 valence electrons. The summed E-state index contributed by atoms with van der Waals surface area (Å²) in [6.45, 7) is 10.5. The molecule has 1 aliphatic rings. The van der Waals surface area contributed by atoms with Gasteiger partial charge in [-0.3, -0.25) is 4.90 Å². The maximum atomic E-state index is 5.52. The molecule has 1 fully saturated rings. The molecule has 0 aromatic carbocycles. The molecule has 0 heterocycles. The van der Waals surface area contributed by atoms with E-state index in [9.17, 15) is 0 Å². The second kappa shape index (κ2) is 10.9. The SMILES string of the molecule is CCOCCN(CCOCC)CC1(CS)CCCCC1. The maximum absolute atomic E-state index is 5.52. The van der Waals surface area contributed by atoms with Crippen LogP contribution in [0.4, 0.5) is 0 Å². The van der Waals surface area contributed by atoms with Crippen molar-refractivity contribution in [2.24, 2.45) is 5.41 Å². The fourth-order valence-corrected chi connectivity index (χ4v) is 3.50. The van der Waals surface area contributed by atoms with Gasteiger partial charge in [-0.15, -0.1) is 0 Å². The number of hydrogen-bond donors (Lipinski definition) is 1. The van der Waals surface area contributed by atoms with Gasteiger partial charge in [0.2, 0.25) is 0 Å².